The average molecular weight is 277 g/mol. The van der Waals surface area contributed by atoms with Crippen LogP contribution in [0.2, 0.25) is 0 Å². The van der Waals surface area contributed by atoms with Crippen LogP contribution >= 0.6 is 0 Å². The van der Waals surface area contributed by atoms with Crippen LogP contribution in [0.3, 0.4) is 0 Å². The molecule has 1 heterocycles. The van der Waals surface area contributed by atoms with Gasteiger partial charge in [0.25, 0.3) is 5.91 Å². The van der Waals surface area contributed by atoms with E-state index in [0.29, 0.717) is 5.56 Å². The number of benzene rings is 1. The van der Waals surface area contributed by atoms with Crippen molar-refractivity contribution in [1.29, 1.82) is 0 Å². The van der Waals surface area contributed by atoms with Crippen molar-refractivity contribution in [2.75, 3.05) is 7.11 Å². The molecule has 0 bridgehead atoms. The Hall–Kier alpha value is -2.30. The van der Waals surface area contributed by atoms with E-state index in [4.69, 9.17) is 9.15 Å². The summed E-state index contributed by atoms with van der Waals surface area (Å²) in [6.45, 7) is 3.56. The summed E-state index contributed by atoms with van der Waals surface area (Å²) >= 11 is 0. The molecule has 2 aromatic rings. The summed E-state index contributed by atoms with van der Waals surface area (Å²) in [5, 5.41) is 2.76. The van der Waals surface area contributed by atoms with Gasteiger partial charge in [-0.2, -0.15) is 0 Å². The summed E-state index contributed by atoms with van der Waals surface area (Å²) in [6, 6.07) is 5.96. The summed E-state index contributed by atoms with van der Waals surface area (Å²) in [5.41, 5.74) is 1.41. The molecule has 0 fully saturated rings. The number of furan rings is 1. The molecule has 0 aliphatic heterocycles. The molecule has 0 spiro atoms. The highest BCUT2D eigenvalue weighted by atomic mass is 19.1. The average Bonchev–Trinajstić information content (AvgIpc) is 2.84. The lowest BCUT2D eigenvalue weighted by Crippen LogP contribution is -2.26. The maximum absolute atomic E-state index is 13.6. The quantitative estimate of drug-likeness (QED) is 0.933. The van der Waals surface area contributed by atoms with Crippen molar-refractivity contribution in [2.45, 2.75) is 19.9 Å². The van der Waals surface area contributed by atoms with E-state index in [1.165, 1.54) is 25.5 Å². The van der Waals surface area contributed by atoms with Gasteiger partial charge in [0.15, 0.2) is 17.3 Å². The lowest BCUT2D eigenvalue weighted by molar-refractivity contribution is 0.0911. The zero-order valence-electron chi connectivity index (χ0n) is 11.6. The highest BCUT2D eigenvalue weighted by Gasteiger charge is 2.17. The molecule has 1 aromatic carbocycles. The van der Waals surface area contributed by atoms with Crippen LogP contribution in [0.15, 0.2) is 34.9 Å². The van der Waals surface area contributed by atoms with Crippen LogP contribution < -0.4 is 10.1 Å². The van der Waals surface area contributed by atoms with E-state index in [9.17, 15) is 9.18 Å². The van der Waals surface area contributed by atoms with E-state index in [-0.39, 0.29) is 23.5 Å². The first-order valence-electron chi connectivity index (χ1n) is 6.21. The largest absolute Gasteiger partial charge is 0.494 e. The molecule has 2 rings (SSSR count). The standard InChI is InChI=1S/C15H16FNO3/c1-9-6-7-20-14(9)15(18)17-10(2)11-4-5-13(19-3)12(16)8-11/h4-8,10H,1-3H3,(H,17,18)/t10-/m1/s1. The van der Waals surface area contributed by atoms with E-state index in [2.05, 4.69) is 5.32 Å². The third kappa shape index (κ3) is 2.82. The van der Waals surface area contributed by atoms with Gasteiger partial charge >= 0.3 is 0 Å². The molecule has 1 amide bonds. The summed E-state index contributed by atoms with van der Waals surface area (Å²) in [4.78, 5) is 12.0. The molecule has 0 aliphatic carbocycles. The van der Waals surface area contributed by atoms with Gasteiger partial charge in [-0.15, -0.1) is 0 Å². The first-order chi connectivity index (χ1) is 9.52. The highest BCUT2D eigenvalue weighted by Crippen LogP contribution is 2.22. The van der Waals surface area contributed by atoms with Crippen LogP contribution in [0, 0.1) is 12.7 Å². The van der Waals surface area contributed by atoms with Gasteiger partial charge in [-0.25, -0.2) is 4.39 Å². The van der Waals surface area contributed by atoms with Crippen molar-refractivity contribution in [1.82, 2.24) is 5.32 Å². The van der Waals surface area contributed by atoms with E-state index in [1.807, 2.05) is 0 Å². The monoisotopic (exact) mass is 277 g/mol. The third-order valence-electron chi connectivity index (χ3n) is 3.09. The second-order valence-electron chi connectivity index (χ2n) is 4.52. The van der Waals surface area contributed by atoms with E-state index >= 15 is 0 Å². The molecule has 5 heteroatoms. The molecule has 4 nitrogen and oxygen atoms in total. The predicted molar refractivity (Wildman–Crippen MR) is 72.3 cm³/mol. The number of halogens is 1. The molecule has 1 aromatic heterocycles. The van der Waals surface area contributed by atoms with Gasteiger partial charge in [-0.3, -0.25) is 4.79 Å². The summed E-state index contributed by atoms with van der Waals surface area (Å²) < 4.78 is 23.6. The van der Waals surface area contributed by atoms with E-state index in [1.54, 1.807) is 26.0 Å². The van der Waals surface area contributed by atoms with Crippen molar-refractivity contribution in [3.63, 3.8) is 0 Å². The minimum Gasteiger partial charge on any atom is -0.494 e. The Bertz CT molecular complexity index is 621. The van der Waals surface area contributed by atoms with Crippen LogP contribution in [-0.4, -0.2) is 13.0 Å². The van der Waals surface area contributed by atoms with Gasteiger partial charge in [-0.05, 0) is 37.6 Å². The van der Waals surface area contributed by atoms with Gasteiger partial charge in [0, 0.05) is 5.56 Å². The fraction of sp³-hybridized carbons (Fsp3) is 0.267. The summed E-state index contributed by atoms with van der Waals surface area (Å²) in [6.07, 6.45) is 1.46. The lowest BCUT2D eigenvalue weighted by Gasteiger charge is -2.14. The molecule has 0 aliphatic rings. The van der Waals surface area contributed by atoms with Gasteiger partial charge in [0.05, 0.1) is 19.4 Å². The molecule has 0 saturated heterocycles. The van der Waals surface area contributed by atoms with Crippen molar-refractivity contribution < 1.29 is 18.3 Å². The Labute approximate surface area is 116 Å². The fourth-order valence-electron chi connectivity index (χ4n) is 1.90. The third-order valence-corrected chi connectivity index (χ3v) is 3.09. The van der Waals surface area contributed by atoms with Crippen molar-refractivity contribution in [2.24, 2.45) is 0 Å². The number of aryl methyl sites for hydroxylation is 1. The molecule has 20 heavy (non-hydrogen) atoms. The first kappa shape index (κ1) is 14.1. The number of carbonyl (C=O) groups excluding carboxylic acids is 1. The minimum absolute atomic E-state index is 0.175. The zero-order chi connectivity index (χ0) is 14.7. The number of nitrogens with one attached hydrogen (secondary N) is 1. The van der Waals surface area contributed by atoms with Crippen molar-refractivity contribution in [3.05, 3.63) is 53.2 Å². The Morgan fingerprint density at radius 3 is 2.70 bits per heavy atom. The topological polar surface area (TPSA) is 51.5 Å². The van der Waals surface area contributed by atoms with Crippen LogP contribution in [-0.2, 0) is 0 Å². The van der Waals surface area contributed by atoms with E-state index < -0.39 is 5.82 Å². The Balaban J connectivity index is 2.12. The van der Waals surface area contributed by atoms with Gasteiger partial charge in [0.1, 0.15) is 0 Å². The Morgan fingerprint density at radius 2 is 2.15 bits per heavy atom. The Morgan fingerprint density at radius 1 is 1.40 bits per heavy atom. The summed E-state index contributed by atoms with van der Waals surface area (Å²) in [7, 11) is 1.41. The molecular formula is C15H16FNO3. The van der Waals surface area contributed by atoms with Crippen LogP contribution in [0.1, 0.15) is 34.6 Å². The molecular weight excluding hydrogens is 261 g/mol. The second-order valence-corrected chi connectivity index (χ2v) is 4.52. The lowest BCUT2D eigenvalue weighted by atomic mass is 10.1. The number of hydrogen-bond donors (Lipinski definition) is 1. The van der Waals surface area contributed by atoms with Crippen LogP contribution in [0.25, 0.3) is 0 Å². The second kappa shape index (κ2) is 5.77. The zero-order valence-corrected chi connectivity index (χ0v) is 11.6. The highest BCUT2D eigenvalue weighted by molar-refractivity contribution is 5.93. The minimum atomic E-state index is -0.458. The Kier molecular flexibility index (Phi) is 4.08. The smallest absolute Gasteiger partial charge is 0.287 e. The van der Waals surface area contributed by atoms with Gasteiger partial charge in [-0.1, -0.05) is 6.07 Å². The molecule has 0 unspecified atom stereocenters. The van der Waals surface area contributed by atoms with Gasteiger partial charge in [0.2, 0.25) is 0 Å². The number of rotatable bonds is 4. The fourth-order valence-corrected chi connectivity index (χ4v) is 1.90. The SMILES string of the molecule is COc1ccc([C@@H](C)NC(=O)c2occc2C)cc1F. The van der Waals surface area contributed by atoms with Crippen LogP contribution in [0.5, 0.6) is 5.75 Å². The number of methoxy groups -OCH3 is 1. The molecule has 0 saturated carbocycles. The predicted octanol–water partition coefficient (Wildman–Crippen LogP) is 3.23. The van der Waals surface area contributed by atoms with Crippen molar-refractivity contribution >= 4 is 5.91 Å². The molecule has 0 radical (unpaired) electrons. The van der Waals surface area contributed by atoms with E-state index in [0.717, 1.165) is 5.56 Å². The van der Waals surface area contributed by atoms with Crippen molar-refractivity contribution in [3.8, 4) is 5.75 Å². The van der Waals surface area contributed by atoms with Gasteiger partial charge < -0.3 is 14.5 Å². The van der Waals surface area contributed by atoms with Crippen LogP contribution in [0.4, 0.5) is 4.39 Å². The first-order valence-corrected chi connectivity index (χ1v) is 6.21. The number of carbonyl (C=O) groups is 1. The molecule has 1 N–H and O–H groups in total. The number of hydrogen-bond acceptors (Lipinski definition) is 3. The maximum Gasteiger partial charge on any atom is 0.287 e. The summed E-state index contributed by atoms with van der Waals surface area (Å²) in [5.74, 6) is -0.337. The molecule has 106 valence electrons. The maximum atomic E-state index is 13.6. The normalized spacial score (nSPS) is 12.0. The molecule has 1 atom stereocenters. The number of ether oxygens (including phenoxy) is 1. The number of amides is 1.